The summed E-state index contributed by atoms with van der Waals surface area (Å²) in [4.78, 5) is 0. The predicted molar refractivity (Wildman–Crippen MR) is 71.1 cm³/mol. The van der Waals surface area contributed by atoms with Crippen molar-refractivity contribution >= 4 is 16.7 Å². The number of para-hydroxylation sites is 1. The van der Waals surface area contributed by atoms with Crippen LogP contribution in [0, 0.1) is 5.82 Å². The lowest BCUT2D eigenvalue weighted by Gasteiger charge is -2.07. The Kier molecular flexibility index (Phi) is 2.72. The molecule has 0 saturated heterocycles. The van der Waals surface area contributed by atoms with Crippen LogP contribution < -0.4 is 5.73 Å². The fraction of sp³-hybridized carbons (Fsp3) is 0.0667. The maximum atomic E-state index is 13.5. The zero-order chi connectivity index (χ0) is 13.4. The largest absolute Gasteiger partial charge is 0.455 e. The Bertz CT molecular complexity index is 719. The highest BCUT2D eigenvalue weighted by Gasteiger charge is 2.16. The number of furan rings is 1. The molecule has 1 aromatic heterocycles. The molecule has 1 atom stereocenters. The normalized spacial score (nSPS) is 12.7. The third-order valence-electron chi connectivity index (χ3n) is 3.04. The molecular formula is C15H12FNO2. The summed E-state index contributed by atoms with van der Waals surface area (Å²) in [6.07, 6.45) is -0.938. The fourth-order valence-electron chi connectivity index (χ4n) is 2.02. The first-order valence-corrected chi connectivity index (χ1v) is 5.86. The molecule has 0 saturated carbocycles. The molecule has 3 N–H and O–H groups in total. The van der Waals surface area contributed by atoms with Crippen LogP contribution in [-0.4, -0.2) is 5.11 Å². The predicted octanol–water partition coefficient (Wildman–Crippen LogP) is 3.24. The molecule has 0 aliphatic rings. The maximum absolute atomic E-state index is 13.5. The minimum atomic E-state index is -0.938. The molecule has 0 aliphatic carbocycles. The highest BCUT2D eigenvalue weighted by atomic mass is 19.1. The van der Waals surface area contributed by atoms with Crippen molar-refractivity contribution in [3.63, 3.8) is 0 Å². The van der Waals surface area contributed by atoms with Gasteiger partial charge in [0.2, 0.25) is 0 Å². The van der Waals surface area contributed by atoms with E-state index in [1.165, 1.54) is 6.07 Å². The smallest absolute Gasteiger partial charge is 0.170 e. The molecule has 0 amide bonds. The van der Waals surface area contributed by atoms with E-state index in [2.05, 4.69) is 0 Å². The number of aliphatic hydroxyl groups is 1. The summed E-state index contributed by atoms with van der Waals surface area (Å²) in [7, 11) is 0. The SMILES string of the molecule is Nc1ccc(C(O)c2cc3cccc(F)c3o2)cc1. The van der Waals surface area contributed by atoms with Crippen molar-refractivity contribution in [1.82, 2.24) is 0 Å². The van der Waals surface area contributed by atoms with Gasteiger partial charge in [-0.25, -0.2) is 4.39 Å². The number of rotatable bonds is 2. The number of aliphatic hydroxyl groups excluding tert-OH is 1. The van der Waals surface area contributed by atoms with E-state index < -0.39 is 11.9 Å². The van der Waals surface area contributed by atoms with E-state index in [-0.39, 0.29) is 5.58 Å². The minimum absolute atomic E-state index is 0.159. The second kappa shape index (κ2) is 4.40. The fourth-order valence-corrected chi connectivity index (χ4v) is 2.02. The maximum Gasteiger partial charge on any atom is 0.170 e. The van der Waals surface area contributed by atoms with E-state index in [9.17, 15) is 9.50 Å². The number of anilines is 1. The van der Waals surface area contributed by atoms with Gasteiger partial charge in [0.05, 0.1) is 0 Å². The lowest BCUT2D eigenvalue weighted by Crippen LogP contribution is -1.98. The molecular weight excluding hydrogens is 245 g/mol. The Morgan fingerprint density at radius 3 is 2.53 bits per heavy atom. The van der Waals surface area contributed by atoms with Crippen LogP contribution in [0.15, 0.2) is 52.9 Å². The number of halogens is 1. The summed E-state index contributed by atoms with van der Waals surface area (Å²) in [5, 5.41) is 10.8. The van der Waals surface area contributed by atoms with Crippen LogP contribution in [0.3, 0.4) is 0 Å². The topological polar surface area (TPSA) is 59.4 Å². The van der Waals surface area contributed by atoms with E-state index in [0.29, 0.717) is 22.4 Å². The highest BCUT2D eigenvalue weighted by molar-refractivity contribution is 5.78. The Balaban J connectivity index is 2.04. The van der Waals surface area contributed by atoms with Crippen molar-refractivity contribution in [3.05, 3.63) is 65.7 Å². The molecule has 0 radical (unpaired) electrons. The van der Waals surface area contributed by atoms with Gasteiger partial charge in [0.1, 0.15) is 11.9 Å². The zero-order valence-corrected chi connectivity index (χ0v) is 10.0. The number of hydrogen-bond acceptors (Lipinski definition) is 3. The first kappa shape index (κ1) is 11.7. The molecule has 3 aromatic rings. The summed E-state index contributed by atoms with van der Waals surface area (Å²) in [5.74, 6) is -0.127. The van der Waals surface area contributed by atoms with Gasteiger partial charge in [0.25, 0.3) is 0 Å². The second-order valence-corrected chi connectivity index (χ2v) is 4.38. The summed E-state index contributed by atoms with van der Waals surface area (Å²) >= 11 is 0. The summed E-state index contributed by atoms with van der Waals surface area (Å²) in [6.45, 7) is 0. The molecule has 1 heterocycles. The van der Waals surface area contributed by atoms with Crippen LogP contribution in [-0.2, 0) is 0 Å². The van der Waals surface area contributed by atoms with Gasteiger partial charge in [-0.3, -0.25) is 0 Å². The van der Waals surface area contributed by atoms with E-state index in [4.69, 9.17) is 10.2 Å². The highest BCUT2D eigenvalue weighted by Crippen LogP contribution is 2.29. The molecule has 0 fully saturated rings. The minimum Gasteiger partial charge on any atom is -0.455 e. The van der Waals surface area contributed by atoms with E-state index in [1.807, 2.05) is 0 Å². The van der Waals surface area contributed by atoms with E-state index in [1.54, 1.807) is 42.5 Å². The Labute approximate surface area is 109 Å². The molecule has 0 bridgehead atoms. The first-order valence-electron chi connectivity index (χ1n) is 5.86. The van der Waals surface area contributed by atoms with Crippen molar-refractivity contribution in [2.75, 3.05) is 5.73 Å². The molecule has 1 unspecified atom stereocenters. The lowest BCUT2D eigenvalue weighted by atomic mass is 10.1. The Morgan fingerprint density at radius 2 is 1.84 bits per heavy atom. The van der Waals surface area contributed by atoms with Crippen LogP contribution >= 0.6 is 0 Å². The molecule has 19 heavy (non-hydrogen) atoms. The summed E-state index contributed by atoms with van der Waals surface area (Å²) in [6, 6.07) is 13.1. The molecule has 96 valence electrons. The number of benzene rings is 2. The molecule has 2 aromatic carbocycles. The molecule has 0 spiro atoms. The van der Waals surface area contributed by atoms with Gasteiger partial charge in [-0.15, -0.1) is 0 Å². The average Bonchev–Trinajstić information content (AvgIpc) is 2.84. The van der Waals surface area contributed by atoms with Crippen molar-refractivity contribution < 1.29 is 13.9 Å². The lowest BCUT2D eigenvalue weighted by molar-refractivity contribution is 0.192. The average molecular weight is 257 g/mol. The van der Waals surface area contributed by atoms with Crippen LogP contribution in [0.25, 0.3) is 11.0 Å². The summed E-state index contributed by atoms with van der Waals surface area (Å²) < 4.78 is 18.9. The number of nitrogen functional groups attached to an aromatic ring is 1. The second-order valence-electron chi connectivity index (χ2n) is 4.38. The third-order valence-corrected chi connectivity index (χ3v) is 3.04. The number of fused-ring (bicyclic) bond motifs is 1. The standard InChI is InChI=1S/C15H12FNO2/c16-12-3-1-2-10-8-13(19-15(10)12)14(18)9-4-6-11(17)7-5-9/h1-8,14,18H,17H2. The van der Waals surface area contributed by atoms with Gasteiger partial charge in [-0.2, -0.15) is 0 Å². The summed E-state index contributed by atoms with van der Waals surface area (Å²) in [5.41, 5.74) is 7.02. The number of hydrogen-bond donors (Lipinski definition) is 2. The van der Waals surface area contributed by atoms with Gasteiger partial charge in [0.15, 0.2) is 11.4 Å². The molecule has 3 rings (SSSR count). The third kappa shape index (κ3) is 2.06. The molecule has 3 nitrogen and oxygen atoms in total. The van der Waals surface area contributed by atoms with Crippen molar-refractivity contribution in [2.24, 2.45) is 0 Å². The molecule has 4 heteroatoms. The van der Waals surface area contributed by atoms with Crippen molar-refractivity contribution in [1.29, 1.82) is 0 Å². The van der Waals surface area contributed by atoms with E-state index in [0.717, 1.165) is 0 Å². The van der Waals surface area contributed by atoms with E-state index >= 15 is 0 Å². The van der Waals surface area contributed by atoms with Crippen LogP contribution in [0.4, 0.5) is 10.1 Å². The van der Waals surface area contributed by atoms with Gasteiger partial charge in [0, 0.05) is 11.1 Å². The van der Waals surface area contributed by atoms with Crippen molar-refractivity contribution in [2.45, 2.75) is 6.10 Å². The number of nitrogens with two attached hydrogens (primary N) is 1. The van der Waals surface area contributed by atoms with Crippen LogP contribution in [0.5, 0.6) is 0 Å². The van der Waals surface area contributed by atoms with Crippen LogP contribution in [0.2, 0.25) is 0 Å². The van der Waals surface area contributed by atoms with Crippen LogP contribution in [0.1, 0.15) is 17.4 Å². The first-order chi connectivity index (χ1) is 9.15. The monoisotopic (exact) mass is 257 g/mol. The zero-order valence-electron chi connectivity index (χ0n) is 10.0. The van der Waals surface area contributed by atoms with Gasteiger partial charge < -0.3 is 15.3 Å². The quantitative estimate of drug-likeness (QED) is 0.693. The van der Waals surface area contributed by atoms with Crippen molar-refractivity contribution in [3.8, 4) is 0 Å². The van der Waals surface area contributed by atoms with Gasteiger partial charge in [-0.1, -0.05) is 24.3 Å². The Hall–Kier alpha value is -2.33. The Morgan fingerprint density at radius 1 is 1.11 bits per heavy atom. The van der Waals surface area contributed by atoms with Gasteiger partial charge >= 0.3 is 0 Å². The van der Waals surface area contributed by atoms with Gasteiger partial charge in [-0.05, 0) is 29.8 Å². The molecule has 0 aliphatic heterocycles.